The van der Waals surface area contributed by atoms with Crippen LogP contribution >= 0.6 is 11.6 Å². The van der Waals surface area contributed by atoms with E-state index in [4.69, 9.17) is 16.6 Å². The number of fused-ring (bicyclic) bond motifs is 1. The number of halogens is 1. The average molecular weight is 367 g/mol. The van der Waals surface area contributed by atoms with E-state index in [1.54, 1.807) is 6.33 Å². The molecular formula is C19H19ClN6. The van der Waals surface area contributed by atoms with Crippen molar-refractivity contribution in [1.29, 1.82) is 0 Å². The minimum absolute atomic E-state index is 0.445. The second kappa shape index (κ2) is 6.36. The van der Waals surface area contributed by atoms with E-state index in [9.17, 15) is 0 Å². The average Bonchev–Trinajstić information content (AvgIpc) is 3.38. The maximum atomic E-state index is 6.04. The van der Waals surface area contributed by atoms with Crippen molar-refractivity contribution in [2.24, 2.45) is 0 Å². The van der Waals surface area contributed by atoms with E-state index in [0.29, 0.717) is 17.1 Å². The Bertz CT molecular complexity index is 930. The van der Waals surface area contributed by atoms with Gasteiger partial charge in [-0.15, -0.1) is 0 Å². The molecule has 7 heteroatoms. The highest BCUT2D eigenvalue weighted by Crippen LogP contribution is 2.35. The van der Waals surface area contributed by atoms with Gasteiger partial charge in [-0.2, -0.15) is 0 Å². The van der Waals surface area contributed by atoms with Crippen molar-refractivity contribution in [2.75, 3.05) is 22.9 Å². The number of anilines is 2. The molecule has 0 spiro atoms. The summed E-state index contributed by atoms with van der Waals surface area (Å²) in [5.41, 5.74) is 1.71. The molecule has 5 rings (SSSR count). The first-order valence-corrected chi connectivity index (χ1v) is 9.37. The van der Waals surface area contributed by atoms with Gasteiger partial charge in [0.2, 0.25) is 0 Å². The molecule has 2 aliphatic rings. The lowest BCUT2D eigenvalue weighted by Gasteiger charge is -2.30. The smallest absolute Gasteiger partial charge is 0.147 e. The standard InChI is InChI=1S/C19H19ClN6/c20-13-1-4-16-17(9-13)22-10-19(24-16)25-8-6-15(11-25)26(14-2-3-14)18-5-7-21-12-23-18/h1,4-5,7,9-10,12,14-15H,2-3,6,8,11H2. The fourth-order valence-corrected chi connectivity index (χ4v) is 3.93. The lowest BCUT2D eigenvalue weighted by molar-refractivity contribution is 0.624. The topological polar surface area (TPSA) is 58.0 Å². The van der Waals surface area contributed by atoms with Gasteiger partial charge in [-0.05, 0) is 43.5 Å². The Morgan fingerprint density at radius 2 is 1.96 bits per heavy atom. The van der Waals surface area contributed by atoms with Gasteiger partial charge in [0, 0.05) is 36.4 Å². The van der Waals surface area contributed by atoms with Gasteiger partial charge in [-0.25, -0.2) is 15.0 Å². The predicted molar refractivity (Wildman–Crippen MR) is 103 cm³/mol. The predicted octanol–water partition coefficient (Wildman–Crippen LogP) is 3.32. The van der Waals surface area contributed by atoms with Crippen LogP contribution in [0, 0.1) is 0 Å². The molecular weight excluding hydrogens is 348 g/mol. The highest BCUT2D eigenvalue weighted by atomic mass is 35.5. The number of hydrogen-bond acceptors (Lipinski definition) is 6. The van der Waals surface area contributed by atoms with Crippen molar-refractivity contribution in [2.45, 2.75) is 31.3 Å². The van der Waals surface area contributed by atoms with Gasteiger partial charge in [0.05, 0.1) is 17.2 Å². The van der Waals surface area contributed by atoms with Crippen molar-refractivity contribution >= 4 is 34.3 Å². The Balaban J connectivity index is 1.39. The first-order valence-electron chi connectivity index (χ1n) is 8.99. The summed E-state index contributed by atoms with van der Waals surface area (Å²) in [7, 11) is 0. The van der Waals surface area contributed by atoms with Crippen molar-refractivity contribution in [3.63, 3.8) is 0 Å². The first kappa shape index (κ1) is 15.8. The maximum absolute atomic E-state index is 6.04. The molecule has 1 unspecified atom stereocenters. The summed E-state index contributed by atoms with van der Waals surface area (Å²) in [4.78, 5) is 22.7. The SMILES string of the molecule is Clc1ccc2nc(N3CCC(N(c4ccncn4)C4CC4)C3)cnc2c1. The molecule has 132 valence electrons. The van der Waals surface area contributed by atoms with Crippen molar-refractivity contribution in [1.82, 2.24) is 19.9 Å². The number of nitrogens with zero attached hydrogens (tertiary/aromatic N) is 6. The maximum Gasteiger partial charge on any atom is 0.147 e. The van der Waals surface area contributed by atoms with Gasteiger partial charge in [-0.1, -0.05) is 11.6 Å². The second-order valence-corrected chi connectivity index (χ2v) is 7.39. The molecule has 26 heavy (non-hydrogen) atoms. The van der Waals surface area contributed by atoms with E-state index in [1.165, 1.54) is 12.8 Å². The fraction of sp³-hybridized carbons (Fsp3) is 0.368. The van der Waals surface area contributed by atoms with Crippen molar-refractivity contribution in [3.8, 4) is 0 Å². The Labute approximate surface area is 156 Å². The Morgan fingerprint density at radius 1 is 1.04 bits per heavy atom. The van der Waals surface area contributed by atoms with Crippen LogP contribution in [0.5, 0.6) is 0 Å². The largest absolute Gasteiger partial charge is 0.353 e. The van der Waals surface area contributed by atoms with E-state index in [1.807, 2.05) is 36.7 Å². The van der Waals surface area contributed by atoms with Gasteiger partial charge in [-0.3, -0.25) is 4.98 Å². The summed E-state index contributed by atoms with van der Waals surface area (Å²) in [5, 5.41) is 0.686. The molecule has 1 aromatic carbocycles. The van der Waals surface area contributed by atoms with Gasteiger partial charge < -0.3 is 9.80 Å². The minimum Gasteiger partial charge on any atom is -0.353 e. The van der Waals surface area contributed by atoms with Crippen LogP contribution in [-0.2, 0) is 0 Å². The normalized spacial score (nSPS) is 19.9. The molecule has 6 nitrogen and oxygen atoms in total. The summed E-state index contributed by atoms with van der Waals surface area (Å²) in [5.74, 6) is 1.97. The summed E-state index contributed by atoms with van der Waals surface area (Å²) in [6.45, 7) is 1.92. The minimum atomic E-state index is 0.445. The van der Waals surface area contributed by atoms with Crippen molar-refractivity contribution < 1.29 is 0 Å². The molecule has 0 bridgehead atoms. The van der Waals surface area contributed by atoms with Gasteiger partial charge in [0.1, 0.15) is 18.0 Å². The van der Waals surface area contributed by atoms with Crippen LogP contribution in [0.3, 0.4) is 0 Å². The third kappa shape index (κ3) is 2.94. The molecule has 1 saturated carbocycles. The summed E-state index contributed by atoms with van der Waals surface area (Å²) >= 11 is 6.04. The first-order chi connectivity index (χ1) is 12.8. The van der Waals surface area contributed by atoms with E-state index in [-0.39, 0.29) is 0 Å². The van der Waals surface area contributed by atoms with Crippen LogP contribution in [0.2, 0.25) is 5.02 Å². The molecule has 1 aliphatic carbocycles. The van der Waals surface area contributed by atoms with Crippen LogP contribution in [0.4, 0.5) is 11.6 Å². The third-order valence-electron chi connectivity index (χ3n) is 5.14. The molecule has 1 aliphatic heterocycles. The van der Waals surface area contributed by atoms with Crippen LogP contribution < -0.4 is 9.80 Å². The van der Waals surface area contributed by atoms with Crippen LogP contribution in [0.25, 0.3) is 11.0 Å². The van der Waals surface area contributed by atoms with Gasteiger partial charge in [0.25, 0.3) is 0 Å². The molecule has 3 aromatic rings. The monoisotopic (exact) mass is 366 g/mol. The number of benzene rings is 1. The molecule has 0 radical (unpaired) electrons. The van der Waals surface area contributed by atoms with Crippen LogP contribution in [-0.4, -0.2) is 45.1 Å². The quantitative estimate of drug-likeness (QED) is 0.706. The summed E-state index contributed by atoms with van der Waals surface area (Å²) in [6.07, 6.45) is 8.91. The Kier molecular flexibility index (Phi) is 3.85. The van der Waals surface area contributed by atoms with Crippen LogP contribution in [0.1, 0.15) is 19.3 Å². The summed E-state index contributed by atoms with van der Waals surface area (Å²) in [6, 6.07) is 8.71. The molecule has 0 N–H and O–H groups in total. The highest BCUT2D eigenvalue weighted by Gasteiger charge is 2.38. The molecule has 1 saturated heterocycles. The van der Waals surface area contributed by atoms with Crippen LogP contribution in [0.15, 0.2) is 43.0 Å². The van der Waals surface area contributed by atoms with E-state index in [2.05, 4.69) is 24.8 Å². The Hall–Kier alpha value is -2.47. The molecule has 0 amide bonds. The van der Waals surface area contributed by atoms with Gasteiger partial charge >= 0.3 is 0 Å². The van der Waals surface area contributed by atoms with E-state index >= 15 is 0 Å². The Morgan fingerprint density at radius 3 is 2.77 bits per heavy atom. The lowest BCUT2D eigenvalue weighted by Crippen LogP contribution is -2.40. The molecule has 3 heterocycles. The van der Waals surface area contributed by atoms with Crippen molar-refractivity contribution in [3.05, 3.63) is 48.0 Å². The lowest BCUT2D eigenvalue weighted by atomic mass is 10.2. The number of hydrogen-bond donors (Lipinski definition) is 0. The number of rotatable bonds is 4. The second-order valence-electron chi connectivity index (χ2n) is 6.96. The summed E-state index contributed by atoms with van der Waals surface area (Å²) < 4.78 is 0. The zero-order valence-corrected chi connectivity index (χ0v) is 15.0. The van der Waals surface area contributed by atoms with E-state index < -0.39 is 0 Å². The highest BCUT2D eigenvalue weighted by molar-refractivity contribution is 6.31. The van der Waals surface area contributed by atoms with E-state index in [0.717, 1.165) is 42.2 Å². The zero-order valence-electron chi connectivity index (χ0n) is 14.3. The fourth-order valence-electron chi connectivity index (χ4n) is 3.76. The number of aromatic nitrogens is 4. The van der Waals surface area contributed by atoms with Gasteiger partial charge in [0.15, 0.2) is 0 Å². The molecule has 2 fully saturated rings. The molecule has 2 aromatic heterocycles. The molecule has 1 atom stereocenters. The third-order valence-corrected chi connectivity index (χ3v) is 5.38. The zero-order chi connectivity index (χ0) is 17.5.